The van der Waals surface area contributed by atoms with Crippen LogP contribution in [-0.4, -0.2) is 17.1 Å². The highest BCUT2D eigenvalue weighted by molar-refractivity contribution is 6.03. The van der Waals surface area contributed by atoms with Gasteiger partial charge in [0.15, 0.2) is 5.78 Å². The number of hydrogen-bond acceptors (Lipinski definition) is 3. The van der Waals surface area contributed by atoms with Gasteiger partial charge in [0.25, 0.3) is 0 Å². The molecule has 0 aliphatic rings. The third-order valence-corrected chi connectivity index (χ3v) is 2.80. The van der Waals surface area contributed by atoms with Crippen LogP contribution >= 0.6 is 0 Å². The summed E-state index contributed by atoms with van der Waals surface area (Å²) >= 11 is 0. The van der Waals surface area contributed by atoms with Gasteiger partial charge in [-0.2, -0.15) is 0 Å². The zero-order valence-corrected chi connectivity index (χ0v) is 11.0. The summed E-state index contributed by atoms with van der Waals surface area (Å²) in [6, 6.07) is 10.4. The van der Waals surface area contributed by atoms with Crippen LogP contribution in [0.15, 0.2) is 47.5 Å². The number of halogens is 1. The van der Waals surface area contributed by atoms with Crippen LogP contribution in [0.25, 0.3) is 0 Å². The average molecular weight is 271 g/mol. The number of Topliss-reactive ketones (excluding diaryl/α,β-unsaturated/α-hetero) is 1. The fourth-order valence-electron chi connectivity index (χ4n) is 1.72. The van der Waals surface area contributed by atoms with Crippen molar-refractivity contribution in [1.29, 1.82) is 0 Å². The van der Waals surface area contributed by atoms with E-state index in [1.807, 2.05) is 6.92 Å². The number of aryl methyl sites for hydroxylation is 1. The van der Waals surface area contributed by atoms with Crippen LogP contribution in [0.1, 0.15) is 22.3 Å². The molecule has 0 spiro atoms. The first kappa shape index (κ1) is 13.9. The van der Waals surface area contributed by atoms with E-state index in [1.165, 1.54) is 30.5 Å². The normalized spacial score (nSPS) is 10.9. The lowest BCUT2D eigenvalue weighted by Gasteiger charge is -2.00. The second kappa shape index (κ2) is 6.10. The Kier molecular flexibility index (Phi) is 4.25. The molecular formula is C16H14FNO2. The number of hydrogen-bond donors (Lipinski definition) is 1. The number of rotatable bonds is 4. The summed E-state index contributed by atoms with van der Waals surface area (Å²) in [7, 11) is 0. The molecule has 0 atom stereocenters. The molecule has 0 amide bonds. The Morgan fingerprint density at radius 1 is 1.25 bits per heavy atom. The number of aliphatic imine (C=N–C) groups is 1. The zero-order chi connectivity index (χ0) is 14.5. The van der Waals surface area contributed by atoms with Crippen molar-refractivity contribution in [2.24, 2.45) is 4.99 Å². The van der Waals surface area contributed by atoms with Crippen molar-refractivity contribution in [3.05, 3.63) is 59.4 Å². The van der Waals surface area contributed by atoms with Gasteiger partial charge in [-0.25, -0.2) is 4.39 Å². The van der Waals surface area contributed by atoms with Crippen molar-refractivity contribution < 1.29 is 14.3 Å². The first-order valence-corrected chi connectivity index (χ1v) is 6.17. The van der Waals surface area contributed by atoms with Crippen molar-refractivity contribution in [2.75, 3.05) is 0 Å². The molecule has 20 heavy (non-hydrogen) atoms. The second-order valence-corrected chi connectivity index (χ2v) is 4.44. The first-order valence-electron chi connectivity index (χ1n) is 6.17. The lowest BCUT2D eigenvalue weighted by Crippen LogP contribution is -1.99. The predicted molar refractivity (Wildman–Crippen MR) is 76.3 cm³/mol. The highest BCUT2D eigenvalue weighted by Crippen LogP contribution is 2.26. The van der Waals surface area contributed by atoms with E-state index in [0.29, 0.717) is 11.3 Å². The maximum absolute atomic E-state index is 12.7. The number of carbonyl (C=O) groups is 1. The first-order chi connectivity index (χ1) is 9.56. The van der Waals surface area contributed by atoms with E-state index in [2.05, 4.69) is 4.99 Å². The van der Waals surface area contributed by atoms with Crippen molar-refractivity contribution in [3.8, 4) is 5.75 Å². The molecule has 2 aromatic carbocycles. The van der Waals surface area contributed by atoms with Crippen LogP contribution in [-0.2, 0) is 0 Å². The molecule has 0 fully saturated rings. The van der Waals surface area contributed by atoms with Gasteiger partial charge in [-0.15, -0.1) is 0 Å². The molecule has 102 valence electrons. The molecule has 0 heterocycles. The summed E-state index contributed by atoms with van der Waals surface area (Å²) in [4.78, 5) is 15.9. The fourth-order valence-corrected chi connectivity index (χ4v) is 1.72. The number of ketones is 1. The van der Waals surface area contributed by atoms with E-state index in [4.69, 9.17) is 0 Å². The number of phenolic OH excluding ortho intramolecular Hbond substituents is 1. The predicted octanol–water partition coefficient (Wildman–Crippen LogP) is 3.82. The molecule has 2 rings (SSSR count). The summed E-state index contributed by atoms with van der Waals surface area (Å²) in [5.74, 6) is -0.457. The van der Waals surface area contributed by atoms with E-state index < -0.39 is 0 Å². The minimum atomic E-state index is -0.375. The Morgan fingerprint density at radius 3 is 2.65 bits per heavy atom. The van der Waals surface area contributed by atoms with Crippen molar-refractivity contribution in [3.63, 3.8) is 0 Å². The Balaban J connectivity index is 2.04. The van der Waals surface area contributed by atoms with Crippen LogP contribution in [0.4, 0.5) is 10.1 Å². The van der Waals surface area contributed by atoms with E-state index >= 15 is 0 Å². The second-order valence-electron chi connectivity index (χ2n) is 4.44. The molecule has 0 saturated carbocycles. The number of nitrogens with zero attached hydrogens (tertiary/aromatic N) is 1. The molecule has 0 aliphatic heterocycles. The van der Waals surface area contributed by atoms with Crippen molar-refractivity contribution in [2.45, 2.75) is 13.3 Å². The van der Waals surface area contributed by atoms with Crippen LogP contribution < -0.4 is 0 Å². The summed E-state index contributed by atoms with van der Waals surface area (Å²) < 4.78 is 12.7. The van der Waals surface area contributed by atoms with Gasteiger partial charge >= 0.3 is 0 Å². The van der Waals surface area contributed by atoms with Crippen molar-refractivity contribution in [1.82, 2.24) is 0 Å². The molecule has 0 bridgehead atoms. The molecule has 1 N–H and O–H groups in total. The van der Waals surface area contributed by atoms with Crippen LogP contribution in [0, 0.1) is 12.7 Å². The molecule has 0 aromatic heterocycles. The number of carbonyl (C=O) groups excluding carboxylic acids is 1. The SMILES string of the molecule is Cc1ccc(O)c(N=CCC(=O)c2ccc(F)cc2)c1. The van der Waals surface area contributed by atoms with Crippen molar-refractivity contribution >= 4 is 17.7 Å². The molecule has 0 unspecified atom stereocenters. The molecule has 0 aliphatic carbocycles. The van der Waals surface area contributed by atoms with E-state index in [-0.39, 0.29) is 23.8 Å². The van der Waals surface area contributed by atoms with Gasteiger partial charge in [-0.1, -0.05) is 6.07 Å². The topological polar surface area (TPSA) is 49.7 Å². The lowest BCUT2D eigenvalue weighted by atomic mass is 10.1. The molecule has 0 radical (unpaired) electrons. The molecular weight excluding hydrogens is 257 g/mol. The zero-order valence-electron chi connectivity index (χ0n) is 11.0. The number of benzene rings is 2. The molecule has 2 aromatic rings. The highest BCUT2D eigenvalue weighted by Gasteiger charge is 2.04. The fraction of sp³-hybridized carbons (Fsp3) is 0.125. The summed E-state index contributed by atoms with van der Waals surface area (Å²) in [5.41, 5.74) is 1.84. The Bertz CT molecular complexity index is 648. The maximum atomic E-state index is 12.7. The van der Waals surface area contributed by atoms with Gasteiger partial charge in [-0.05, 0) is 48.9 Å². The largest absolute Gasteiger partial charge is 0.506 e. The maximum Gasteiger partial charge on any atom is 0.168 e. The highest BCUT2D eigenvalue weighted by atomic mass is 19.1. The van der Waals surface area contributed by atoms with Crippen LogP contribution in [0.3, 0.4) is 0 Å². The third kappa shape index (κ3) is 3.51. The summed E-state index contributed by atoms with van der Waals surface area (Å²) in [6.07, 6.45) is 1.54. The van der Waals surface area contributed by atoms with Crippen LogP contribution in [0.5, 0.6) is 5.75 Å². The summed E-state index contributed by atoms with van der Waals surface area (Å²) in [5, 5.41) is 9.61. The van der Waals surface area contributed by atoms with E-state index in [1.54, 1.807) is 18.2 Å². The van der Waals surface area contributed by atoms with Gasteiger partial charge in [0.05, 0.1) is 0 Å². The van der Waals surface area contributed by atoms with Crippen LogP contribution in [0.2, 0.25) is 0 Å². The Labute approximate surface area is 116 Å². The third-order valence-electron chi connectivity index (χ3n) is 2.80. The minimum absolute atomic E-state index is 0.0704. The van der Waals surface area contributed by atoms with Gasteiger partial charge in [-0.3, -0.25) is 9.79 Å². The lowest BCUT2D eigenvalue weighted by molar-refractivity contribution is 0.100. The molecule has 0 saturated heterocycles. The Hall–Kier alpha value is -2.49. The standard InChI is InChI=1S/C16H14FNO2/c1-11-2-7-16(20)14(10-11)18-9-8-15(19)12-3-5-13(17)6-4-12/h2-7,9-10,20H,8H2,1H3. The summed E-state index contributed by atoms with van der Waals surface area (Å²) in [6.45, 7) is 1.89. The quantitative estimate of drug-likeness (QED) is 0.679. The van der Waals surface area contributed by atoms with Gasteiger partial charge < -0.3 is 5.11 Å². The van der Waals surface area contributed by atoms with Gasteiger partial charge in [0, 0.05) is 18.2 Å². The van der Waals surface area contributed by atoms with E-state index in [9.17, 15) is 14.3 Å². The minimum Gasteiger partial charge on any atom is -0.506 e. The smallest absolute Gasteiger partial charge is 0.168 e. The number of phenols is 1. The van der Waals surface area contributed by atoms with E-state index in [0.717, 1.165) is 5.56 Å². The number of aromatic hydroxyl groups is 1. The van der Waals surface area contributed by atoms with Gasteiger partial charge in [0.2, 0.25) is 0 Å². The average Bonchev–Trinajstić information content (AvgIpc) is 2.43. The van der Waals surface area contributed by atoms with Gasteiger partial charge in [0.1, 0.15) is 17.3 Å². The monoisotopic (exact) mass is 271 g/mol. The Morgan fingerprint density at radius 2 is 1.95 bits per heavy atom. The molecule has 3 nitrogen and oxygen atoms in total. The molecule has 4 heteroatoms.